The fourth-order valence-electron chi connectivity index (χ4n) is 4.27. The molecule has 5 atom stereocenters. The average Bonchev–Trinajstić information content (AvgIpc) is 3.07. The summed E-state index contributed by atoms with van der Waals surface area (Å²) in [7, 11) is -3.85. The second-order valence-electron chi connectivity index (χ2n) is 9.00. The summed E-state index contributed by atoms with van der Waals surface area (Å²) in [5, 5.41) is 30.8. The van der Waals surface area contributed by atoms with E-state index in [-0.39, 0.29) is 23.2 Å². The van der Waals surface area contributed by atoms with Crippen molar-refractivity contribution in [2.45, 2.75) is 87.9 Å². The van der Waals surface area contributed by atoms with Crippen molar-refractivity contribution in [2.75, 3.05) is 0 Å². The van der Waals surface area contributed by atoms with Gasteiger partial charge in [0.25, 0.3) is 10.0 Å². The van der Waals surface area contributed by atoms with Crippen LogP contribution >= 0.6 is 0 Å². The molecule has 0 aromatic heterocycles. The fourth-order valence-corrected chi connectivity index (χ4v) is 5.31. The molecule has 1 fully saturated rings. The largest absolute Gasteiger partial charge is 0.393 e. The maximum atomic E-state index is 12.2. The van der Waals surface area contributed by atoms with Crippen LogP contribution in [0.5, 0.6) is 0 Å². The van der Waals surface area contributed by atoms with Crippen LogP contribution in [0.15, 0.2) is 59.5 Å². The number of allylic oxidation sites excluding steroid dienone is 2. The lowest BCUT2D eigenvalue weighted by atomic mass is 9.89. The third-order valence-corrected chi connectivity index (χ3v) is 7.62. The van der Waals surface area contributed by atoms with Crippen LogP contribution < -0.4 is 4.72 Å². The van der Waals surface area contributed by atoms with Crippen LogP contribution in [0.3, 0.4) is 0 Å². The first kappa shape index (κ1) is 28.2. The Morgan fingerprint density at radius 3 is 2.56 bits per heavy atom. The van der Waals surface area contributed by atoms with E-state index >= 15 is 0 Å². The molecule has 1 amide bonds. The predicted octanol–water partition coefficient (Wildman–Crippen LogP) is 3.46. The first-order valence-corrected chi connectivity index (χ1v) is 13.7. The minimum Gasteiger partial charge on any atom is -0.393 e. The molecule has 0 bridgehead atoms. The van der Waals surface area contributed by atoms with Gasteiger partial charge in [-0.1, -0.05) is 68.7 Å². The van der Waals surface area contributed by atoms with Crippen LogP contribution in [0.25, 0.3) is 0 Å². The van der Waals surface area contributed by atoms with Gasteiger partial charge in [-0.25, -0.2) is 13.1 Å². The molecular weight excluding hydrogens is 454 g/mol. The van der Waals surface area contributed by atoms with E-state index in [2.05, 4.69) is 11.6 Å². The Kier molecular flexibility index (Phi) is 12.0. The Morgan fingerprint density at radius 1 is 1.12 bits per heavy atom. The van der Waals surface area contributed by atoms with Crippen molar-refractivity contribution >= 4 is 15.9 Å². The highest BCUT2D eigenvalue weighted by Crippen LogP contribution is 2.36. The van der Waals surface area contributed by atoms with Crippen molar-refractivity contribution in [1.82, 2.24) is 4.72 Å². The van der Waals surface area contributed by atoms with E-state index in [1.165, 1.54) is 12.1 Å². The van der Waals surface area contributed by atoms with Gasteiger partial charge in [-0.15, -0.1) is 0 Å². The summed E-state index contributed by atoms with van der Waals surface area (Å²) >= 11 is 0. The molecule has 34 heavy (non-hydrogen) atoms. The van der Waals surface area contributed by atoms with Crippen LogP contribution in [0.1, 0.15) is 64.7 Å². The zero-order valence-electron chi connectivity index (χ0n) is 19.9. The van der Waals surface area contributed by atoms with Crippen molar-refractivity contribution in [2.24, 2.45) is 11.8 Å². The average molecular weight is 494 g/mol. The molecule has 1 aromatic rings. The van der Waals surface area contributed by atoms with Crippen LogP contribution in [0.4, 0.5) is 0 Å². The third kappa shape index (κ3) is 9.33. The highest BCUT2D eigenvalue weighted by atomic mass is 32.2. The molecule has 0 radical (unpaired) electrons. The van der Waals surface area contributed by atoms with Gasteiger partial charge < -0.3 is 15.3 Å². The molecule has 7 nitrogen and oxygen atoms in total. The predicted molar refractivity (Wildman–Crippen MR) is 132 cm³/mol. The van der Waals surface area contributed by atoms with Crippen LogP contribution in [0, 0.1) is 11.8 Å². The van der Waals surface area contributed by atoms with Crippen molar-refractivity contribution < 1.29 is 28.5 Å². The number of unbranched alkanes of at least 4 members (excludes halogenated alkanes) is 3. The summed E-state index contributed by atoms with van der Waals surface area (Å²) < 4.78 is 26.4. The van der Waals surface area contributed by atoms with E-state index in [1.807, 2.05) is 18.2 Å². The summed E-state index contributed by atoms with van der Waals surface area (Å²) in [6, 6.07) is 7.76. The number of benzene rings is 1. The van der Waals surface area contributed by atoms with E-state index in [0.717, 1.165) is 19.3 Å². The van der Waals surface area contributed by atoms with E-state index in [0.29, 0.717) is 32.1 Å². The highest BCUT2D eigenvalue weighted by Gasteiger charge is 2.39. The Bertz CT molecular complexity index is 899. The summed E-state index contributed by atoms with van der Waals surface area (Å²) in [4.78, 5) is 12.1. The number of aliphatic hydroxyl groups is 3. The minimum atomic E-state index is -3.85. The zero-order chi connectivity index (χ0) is 25.0. The number of rotatable bonds is 14. The summed E-state index contributed by atoms with van der Waals surface area (Å²) in [6.07, 6.45) is 11.5. The fraction of sp³-hybridized carbons (Fsp3) is 0.577. The van der Waals surface area contributed by atoms with Crippen molar-refractivity contribution in [3.8, 4) is 0 Å². The van der Waals surface area contributed by atoms with Crippen LogP contribution in [-0.2, 0) is 14.8 Å². The number of hydrogen-bond donors (Lipinski definition) is 4. The smallest absolute Gasteiger partial charge is 0.264 e. The topological polar surface area (TPSA) is 124 Å². The Labute approximate surface area is 203 Å². The Morgan fingerprint density at radius 2 is 1.85 bits per heavy atom. The van der Waals surface area contributed by atoms with E-state index in [4.69, 9.17) is 0 Å². The van der Waals surface area contributed by atoms with Crippen molar-refractivity contribution in [1.29, 1.82) is 0 Å². The van der Waals surface area contributed by atoms with Gasteiger partial charge in [0.1, 0.15) is 0 Å². The van der Waals surface area contributed by atoms with Gasteiger partial charge in [-0.2, -0.15) is 0 Å². The van der Waals surface area contributed by atoms with Gasteiger partial charge in [0, 0.05) is 18.8 Å². The SMILES string of the molecule is CCCCCC(O)C=C[C@@H]1[C@@H](CC=CCCCC(=O)NS(=O)(=O)c2ccccc2)[C@@H](O)C[C@H]1O. The first-order chi connectivity index (χ1) is 16.2. The number of hydrogen-bond acceptors (Lipinski definition) is 6. The van der Waals surface area contributed by atoms with E-state index < -0.39 is 34.2 Å². The standard InChI is InChI=1S/C26H39NO6S/c1-2-3-7-12-20(28)17-18-23-22(24(29)19-25(23)30)15-10-4-5-11-16-26(31)27-34(32,33)21-13-8-6-9-14-21/h4,6,8-10,13-14,17-18,20,22-25,28-30H,2-3,5,7,11-12,15-16,19H2,1H3,(H,27,31)/t20?,22-,23-,24+,25-/m1/s1. The van der Waals surface area contributed by atoms with Crippen LogP contribution in [-0.4, -0.2) is 48.0 Å². The zero-order valence-corrected chi connectivity index (χ0v) is 20.7. The molecule has 1 aliphatic rings. The third-order valence-electron chi connectivity index (χ3n) is 6.23. The van der Waals surface area contributed by atoms with Gasteiger partial charge in [0.05, 0.1) is 23.2 Å². The van der Waals surface area contributed by atoms with Gasteiger partial charge in [-0.05, 0) is 43.7 Å². The lowest BCUT2D eigenvalue weighted by Gasteiger charge is -2.19. The van der Waals surface area contributed by atoms with Gasteiger partial charge in [0.2, 0.25) is 5.91 Å². The molecule has 1 aliphatic carbocycles. The molecule has 190 valence electrons. The molecular formula is C26H39NO6S. The van der Waals surface area contributed by atoms with Gasteiger partial charge >= 0.3 is 0 Å². The molecule has 1 aromatic carbocycles. The molecule has 8 heteroatoms. The number of aliphatic hydroxyl groups excluding tert-OH is 3. The number of amides is 1. The highest BCUT2D eigenvalue weighted by molar-refractivity contribution is 7.90. The maximum Gasteiger partial charge on any atom is 0.264 e. The Balaban J connectivity index is 1.75. The molecule has 4 N–H and O–H groups in total. The summed E-state index contributed by atoms with van der Waals surface area (Å²) in [6.45, 7) is 2.11. The van der Waals surface area contributed by atoms with Crippen LogP contribution in [0.2, 0.25) is 0 Å². The Hall–Kier alpha value is -2.00. The lowest BCUT2D eigenvalue weighted by Crippen LogP contribution is -2.30. The lowest BCUT2D eigenvalue weighted by molar-refractivity contribution is -0.119. The summed E-state index contributed by atoms with van der Waals surface area (Å²) in [5.41, 5.74) is 0. The first-order valence-electron chi connectivity index (χ1n) is 12.2. The molecule has 0 aliphatic heterocycles. The summed E-state index contributed by atoms with van der Waals surface area (Å²) in [5.74, 6) is -0.895. The molecule has 0 spiro atoms. The number of carbonyl (C=O) groups is 1. The normalized spacial score (nSPS) is 24.1. The van der Waals surface area contributed by atoms with Gasteiger partial charge in [-0.3, -0.25) is 4.79 Å². The maximum absolute atomic E-state index is 12.2. The van der Waals surface area contributed by atoms with Crippen molar-refractivity contribution in [3.63, 3.8) is 0 Å². The second-order valence-corrected chi connectivity index (χ2v) is 10.7. The second kappa shape index (κ2) is 14.4. The van der Waals surface area contributed by atoms with E-state index in [9.17, 15) is 28.5 Å². The van der Waals surface area contributed by atoms with E-state index in [1.54, 1.807) is 24.3 Å². The molecule has 1 unspecified atom stereocenters. The number of nitrogens with one attached hydrogen (secondary N) is 1. The molecule has 1 saturated carbocycles. The minimum absolute atomic E-state index is 0.0534. The van der Waals surface area contributed by atoms with Gasteiger partial charge in [0.15, 0.2) is 0 Å². The molecule has 0 saturated heterocycles. The monoisotopic (exact) mass is 493 g/mol. The number of carbonyl (C=O) groups excluding carboxylic acids is 1. The molecule has 2 rings (SSSR count). The number of sulfonamides is 1. The molecule has 0 heterocycles. The quantitative estimate of drug-likeness (QED) is 0.232. The van der Waals surface area contributed by atoms with Crippen molar-refractivity contribution in [3.05, 3.63) is 54.6 Å².